The first kappa shape index (κ1) is 9.93. The Morgan fingerprint density at radius 3 is 2.87 bits per heavy atom. The van der Waals surface area contributed by atoms with Crippen LogP contribution in [0.5, 0.6) is 0 Å². The maximum atomic E-state index is 5.60. The Labute approximate surface area is 88.9 Å². The molecule has 2 N–H and O–H groups in total. The minimum absolute atomic E-state index is 0.407. The van der Waals surface area contributed by atoms with E-state index < -0.39 is 0 Å². The number of rotatable bonds is 3. The van der Waals surface area contributed by atoms with Gasteiger partial charge in [-0.25, -0.2) is 4.98 Å². The smallest absolute Gasteiger partial charge is 0.181 e. The summed E-state index contributed by atoms with van der Waals surface area (Å²) in [5, 5.41) is 0. The summed E-state index contributed by atoms with van der Waals surface area (Å²) < 4.78 is 5.39. The molecule has 0 fully saturated rings. The fourth-order valence-electron chi connectivity index (χ4n) is 1.68. The molecule has 0 radical (unpaired) electrons. The second kappa shape index (κ2) is 4.28. The van der Waals surface area contributed by atoms with Gasteiger partial charge in [0.1, 0.15) is 5.69 Å². The van der Waals surface area contributed by atoms with Gasteiger partial charge in [-0.15, -0.1) is 0 Å². The minimum Gasteiger partial charge on any atom is -0.443 e. The van der Waals surface area contributed by atoms with Gasteiger partial charge in [-0.1, -0.05) is 31.2 Å². The molecule has 0 aliphatic rings. The van der Waals surface area contributed by atoms with Gasteiger partial charge in [-0.05, 0) is 12.0 Å². The van der Waals surface area contributed by atoms with Crippen LogP contribution in [-0.4, -0.2) is 4.98 Å². The average molecular weight is 202 g/mol. The fraction of sp³-hybridized carbons (Fsp3) is 0.250. The highest BCUT2D eigenvalue weighted by Crippen LogP contribution is 2.26. The standard InChI is InChI=1S/C12H14N2O/c1-2-9-5-3-4-6-10(9)12-11(7-13)14-8-15-12/h3-6,8H,2,7,13H2,1H3. The first-order valence-electron chi connectivity index (χ1n) is 5.07. The number of hydrogen-bond donors (Lipinski definition) is 1. The molecule has 2 rings (SSSR count). The molecule has 0 aliphatic carbocycles. The maximum Gasteiger partial charge on any atom is 0.181 e. The third-order valence-corrected chi connectivity index (χ3v) is 2.48. The van der Waals surface area contributed by atoms with Crippen molar-refractivity contribution in [3.8, 4) is 11.3 Å². The van der Waals surface area contributed by atoms with Crippen LogP contribution in [0, 0.1) is 0 Å². The quantitative estimate of drug-likeness (QED) is 0.831. The van der Waals surface area contributed by atoms with Crippen molar-refractivity contribution in [3.05, 3.63) is 41.9 Å². The van der Waals surface area contributed by atoms with Crippen LogP contribution in [0.2, 0.25) is 0 Å². The zero-order chi connectivity index (χ0) is 10.7. The molecule has 0 bridgehead atoms. The van der Waals surface area contributed by atoms with Crippen molar-refractivity contribution in [1.29, 1.82) is 0 Å². The summed E-state index contributed by atoms with van der Waals surface area (Å²) in [6, 6.07) is 8.16. The molecule has 0 saturated carbocycles. The normalized spacial score (nSPS) is 10.5. The molecule has 0 aliphatic heterocycles. The molecular weight excluding hydrogens is 188 g/mol. The largest absolute Gasteiger partial charge is 0.443 e. The van der Waals surface area contributed by atoms with Crippen molar-refractivity contribution in [2.45, 2.75) is 19.9 Å². The third-order valence-electron chi connectivity index (χ3n) is 2.48. The third kappa shape index (κ3) is 1.78. The van der Waals surface area contributed by atoms with E-state index in [1.165, 1.54) is 12.0 Å². The van der Waals surface area contributed by atoms with Crippen LogP contribution in [0.25, 0.3) is 11.3 Å². The van der Waals surface area contributed by atoms with E-state index in [2.05, 4.69) is 18.0 Å². The lowest BCUT2D eigenvalue weighted by Crippen LogP contribution is -1.99. The van der Waals surface area contributed by atoms with Gasteiger partial charge in [0.05, 0.1) is 0 Å². The number of nitrogens with two attached hydrogens (primary N) is 1. The van der Waals surface area contributed by atoms with E-state index in [9.17, 15) is 0 Å². The van der Waals surface area contributed by atoms with Crippen LogP contribution in [-0.2, 0) is 13.0 Å². The lowest BCUT2D eigenvalue weighted by molar-refractivity contribution is 0.570. The van der Waals surface area contributed by atoms with E-state index in [4.69, 9.17) is 10.2 Å². The van der Waals surface area contributed by atoms with E-state index in [1.807, 2.05) is 18.2 Å². The van der Waals surface area contributed by atoms with Crippen molar-refractivity contribution in [2.75, 3.05) is 0 Å². The summed E-state index contributed by atoms with van der Waals surface area (Å²) in [7, 11) is 0. The highest BCUT2D eigenvalue weighted by atomic mass is 16.3. The predicted octanol–water partition coefficient (Wildman–Crippen LogP) is 2.36. The van der Waals surface area contributed by atoms with Crippen LogP contribution in [0.1, 0.15) is 18.2 Å². The van der Waals surface area contributed by atoms with Crippen LogP contribution in [0.15, 0.2) is 35.1 Å². The van der Waals surface area contributed by atoms with Crippen molar-refractivity contribution in [3.63, 3.8) is 0 Å². The number of hydrogen-bond acceptors (Lipinski definition) is 3. The first-order valence-corrected chi connectivity index (χ1v) is 5.07. The van der Waals surface area contributed by atoms with Gasteiger partial charge in [-0.2, -0.15) is 0 Å². The Kier molecular flexibility index (Phi) is 2.83. The Balaban J connectivity index is 2.53. The van der Waals surface area contributed by atoms with Gasteiger partial charge in [-0.3, -0.25) is 0 Å². The van der Waals surface area contributed by atoms with Gasteiger partial charge >= 0.3 is 0 Å². The molecule has 1 aromatic heterocycles. The van der Waals surface area contributed by atoms with E-state index in [0.29, 0.717) is 6.54 Å². The Morgan fingerprint density at radius 1 is 1.33 bits per heavy atom. The maximum absolute atomic E-state index is 5.60. The van der Waals surface area contributed by atoms with E-state index in [1.54, 1.807) is 0 Å². The SMILES string of the molecule is CCc1ccccc1-c1ocnc1CN. The molecule has 3 nitrogen and oxygen atoms in total. The van der Waals surface area contributed by atoms with E-state index in [-0.39, 0.29) is 0 Å². The zero-order valence-electron chi connectivity index (χ0n) is 8.73. The van der Waals surface area contributed by atoms with Gasteiger partial charge in [0, 0.05) is 12.1 Å². The molecule has 0 amide bonds. The summed E-state index contributed by atoms with van der Waals surface area (Å²) in [6.45, 7) is 2.53. The molecule has 3 heteroatoms. The highest BCUT2D eigenvalue weighted by Gasteiger charge is 2.11. The molecule has 2 aromatic rings. The molecule has 0 atom stereocenters. The number of aryl methyl sites for hydroxylation is 1. The van der Waals surface area contributed by atoms with Crippen molar-refractivity contribution < 1.29 is 4.42 Å². The Hall–Kier alpha value is -1.61. The Bertz CT molecular complexity index is 448. The molecule has 1 aromatic carbocycles. The number of aromatic nitrogens is 1. The summed E-state index contributed by atoms with van der Waals surface area (Å²) >= 11 is 0. The topological polar surface area (TPSA) is 52.0 Å². The van der Waals surface area contributed by atoms with Gasteiger partial charge in [0.25, 0.3) is 0 Å². The Morgan fingerprint density at radius 2 is 2.13 bits per heavy atom. The van der Waals surface area contributed by atoms with Crippen molar-refractivity contribution in [1.82, 2.24) is 4.98 Å². The van der Waals surface area contributed by atoms with Gasteiger partial charge in [0.15, 0.2) is 12.2 Å². The second-order valence-electron chi connectivity index (χ2n) is 3.34. The van der Waals surface area contributed by atoms with Crippen molar-refractivity contribution in [2.24, 2.45) is 5.73 Å². The summed E-state index contributed by atoms with van der Waals surface area (Å²) in [5.41, 5.74) is 8.77. The van der Waals surface area contributed by atoms with Crippen LogP contribution in [0.3, 0.4) is 0 Å². The summed E-state index contributed by atoms with van der Waals surface area (Å²) in [4.78, 5) is 4.09. The highest BCUT2D eigenvalue weighted by molar-refractivity contribution is 5.64. The molecular formula is C12H14N2O. The van der Waals surface area contributed by atoms with Crippen LogP contribution >= 0.6 is 0 Å². The summed E-state index contributed by atoms with van der Waals surface area (Å²) in [5.74, 6) is 0.801. The van der Waals surface area contributed by atoms with Crippen LogP contribution in [0.4, 0.5) is 0 Å². The molecule has 0 saturated heterocycles. The van der Waals surface area contributed by atoms with E-state index >= 15 is 0 Å². The lowest BCUT2D eigenvalue weighted by atomic mass is 10.0. The number of benzene rings is 1. The molecule has 0 spiro atoms. The zero-order valence-corrected chi connectivity index (χ0v) is 8.73. The lowest BCUT2D eigenvalue weighted by Gasteiger charge is -2.05. The fourth-order valence-corrected chi connectivity index (χ4v) is 1.68. The van der Waals surface area contributed by atoms with Crippen LogP contribution < -0.4 is 5.73 Å². The summed E-state index contributed by atoms with van der Waals surface area (Å²) in [6.07, 6.45) is 2.42. The van der Waals surface area contributed by atoms with Gasteiger partial charge < -0.3 is 10.2 Å². The van der Waals surface area contributed by atoms with Crippen molar-refractivity contribution >= 4 is 0 Å². The first-order chi connectivity index (χ1) is 7.36. The molecule has 0 unspecified atom stereocenters. The average Bonchev–Trinajstić information content (AvgIpc) is 2.76. The van der Waals surface area contributed by atoms with Gasteiger partial charge in [0.2, 0.25) is 0 Å². The monoisotopic (exact) mass is 202 g/mol. The van der Waals surface area contributed by atoms with E-state index in [0.717, 1.165) is 23.4 Å². The molecule has 1 heterocycles. The molecule has 15 heavy (non-hydrogen) atoms. The predicted molar refractivity (Wildman–Crippen MR) is 59.2 cm³/mol. The molecule has 78 valence electrons. The number of oxazole rings is 1. The second-order valence-corrected chi connectivity index (χ2v) is 3.34. The minimum atomic E-state index is 0.407. The number of nitrogens with zero attached hydrogens (tertiary/aromatic N) is 1.